The van der Waals surface area contributed by atoms with Crippen molar-refractivity contribution >= 4 is 22.7 Å². The minimum absolute atomic E-state index is 0.322. The van der Waals surface area contributed by atoms with Gasteiger partial charge in [-0.15, -0.1) is 0 Å². The fourth-order valence-corrected chi connectivity index (χ4v) is 3.45. The number of hydrogen-bond donors (Lipinski definition) is 1. The summed E-state index contributed by atoms with van der Waals surface area (Å²) >= 11 is 0. The lowest BCUT2D eigenvalue weighted by Crippen LogP contribution is -2.33. The molecule has 2 aromatic carbocycles. The predicted molar refractivity (Wildman–Crippen MR) is 110 cm³/mol. The summed E-state index contributed by atoms with van der Waals surface area (Å²) in [6.45, 7) is 5.31. The molecule has 0 aliphatic rings. The Hall–Kier alpha value is -3.67. The van der Waals surface area contributed by atoms with Crippen molar-refractivity contribution < 1.29 is 14.0 Å². The molecule has 6 heteroatoms. The van der Waals surface area contributed by atoms with E-state index in [0.29, 0.717) is 22.7 Å². The van der Waals surface area contributed by atoms with Gasteiger partial charge in [0, 0.05) is 5.39 Å². The first-order valence-corrected chi connectivity index (χ1v) is 9.41. The molecular weight excluding hydrogens is 366 g/mol. The Morgan fingerprint density at radius 3 is 2.45 bits per heavy atom. The number of Topliss-reactive ketones (excluding diaryl/α,β-unsaturated/α-hetero) is 1. The molecule has 0 bridgehead atoms. The van der Waals surface area contributed by atoms with Crippen LogP contribution >= 0.6 is 0 Å². The van der Waals surface area contributed by atoms with Gasteiger partial charge in [0.2, 0.25) is 0 Å². The SMILES string of the molecule is Cc1nn(-c2ccccc2)c(C)c1C(=O)C(=O)N[C@@H](C)c1cc2ccccc2o1. The van der Waals surface area contributed by atoms with Crippen molar-refractivity contribution in [2.75, 3.05) is 0 Å². The number of rotatable bonds is 5. The second kappa shape index (κ2) is 7.39. The molecule has 2 heterocycles. The number of furan rings is 1. The van der Waals surface area contributed by atoms with E-state index in [9.17, 15) is 9.59 Å². The van der Waals surface area contributed by atoms with Gasteiger partial charge >= 0.3 is 0 Å². The Labute approximate surface area is 168 Å². The van der Waals surface area contributed by atoms with Crippen molar-refractivity contribution in [2.45, 2.75) is 26.8 Å². The fraction of sp³-hybridized carbons (Fsp3) is 0.174. The summed E-state index contributed by atoms with van der Waals surface area (Å²) in [5, 5.41) is 8.14. The van der Waals surface area contributed by atoms with Crippen molar-refractivity contribution in [3.63, 3.8) is 0 Å². The lowest BCUT2D eigenvalue weighted by molar-refractivity contribution is -0.117. The quantitative estimate of drug-likeness (QED) is 0.409. The highest BCUT2D eigenvalue weighted by Crippen LogP contribution is 2.24. The van der Waals surface area contributed by atoms with Crippen LogP contribution in [0.15, 0.2) is 65.1 Å². The Morgan fingerprint density at radius 1 is 1.03 bits per heavy atom. The summed E-state index contributed by atoms with van der Waals surface area (Å²) in [6.07, 6.45) is 0. The first-order valence-electron chi connectivity index (χ1n) is 9.41. The average molecular weight is 387 g/mol. The van der Waals surface area contributed by atoms with E-state index in [-0.39, 0.29) is 0 Å². The number of para-hydroxylation sites is 2. The Bertz CT molecular complexity index is 1170. The summed E-state index contributed by atoms with van der Waals surface area (Å²) in [4.78, 5) is 25.5. The summed E-state index contributed by atoms with van der Waals surface area (Å²) < 4.78 is 7.46. The number of carbonyl (C=O) groups is 2. The van der Waals surface area contributed by atoms with E-state index in [4.69, 9.17) is 4.42 Å². The van der Waals surface area contributed by atoms with E-state index in [1.165, 1.54) is 0 Å². The standard InChI is InChI=1S/C23H21N3O3/c1-14(20-13-17-9-7-8-12-19(17)29-20)24-23(28)22(27)21-15(2)25-26(16(21)3)18-10-5-4-6-11-18/h4-14H,1-3H3,(H,24,28)/t14-/m0/s1. The molecular formula is C23H21N3O3. The molecule has 0 saturated heterocycles. The van der Waals surface area contributed by atoms with Gasteiger partial charge in [-0.05, 0) is 45.0 Å². The summed E-state index contributed by atoms with van der Waals surface area (Å²) in [5.74, 6) is -0.692. The highest BCUT2D eigenvalue weighted by molar-refractivity contribution is 6.43. The minimum atomic E-state index is -0.684. The van der Waals surface area contributed by atoms with E-state index in [2.05, 4.69) is 10.4 Å². The fourth-order valence-electron chi connectivity index (χ4n) is 3.45. The minimum Gasteiger partial charge on any atom is -0.459 e. The lowest BCUT2D eigenvalue weighted by Gasteiger charge is -2.11. The highest BCUT2D eigenvalue weighted by Gasteiger charge is 2.26. The summed E-state index contributed by atoms with van der Waals surface area (Å²) in [5.41, 5.74) is 3.05. The third-order valence-corrected chi connectivity index (χ3v) is 4.94. The molecule has 4 aromatic rings. The zero-order valence-electron chi connectivity index (χ0n) is 16.5. The molecule has 0 fully saturated rings. The number of amides is 1. The van der Waals surface area contributed by atoms with Gasteiger partial charge in [0.05, 0.1) is 28.7 Å². The smallest absolute Gasteiger partial charge is 0.293 e. The number of nitrogens with one attached hydrogen (secondary N) is 1. The Kier molecular flexibility index (Phi) is 4.76. The molecule has 4 rings (SSSR count). The molecule has 1 amide bonds. The summed E-state index contributed by atoms with van der Waals surface area (Å²) in [6, 6.07) is 18.5. The van der Waals surface area contributed by atoms with Crippen LogP contribution in [0.3, 0.4) is 0 Å². The maximum atomic E-state index is 12.9. The molecule has 29 heavy (non-hydrogen) atoms. The van der Waals surface area contributed by atoms with Gasteiger partial charge < -0.3 is 9.73 Å². The molecule has 2 aromatic heterocycles. The summed E-state index contributed by atoms with van der Waals surface area (Å²) in [7, 11) is 0. The van der Waals surface area contributed by atoms with Crippen LogP contribution in [0.1, 0.15) is 40.5 Å². The molecule has 1 N–H and O–H groups in total. The van der Waals surface area contributed by atoms with Gasteiger partial charge in [-0.2, -0.15) is 5.10 Å². The first-order chi connectivity index (χ1) is 14.0. The monoisotopic (exact) mass is 387 g/mol. The van der Waals surface area contributed by atoms with Crippen LogP contribution in [0.25, 0.3) is 16.7 Å². The largest absolute Gasteiger partial charge is 0.459 e. The molecule has 0 aliphatic carbocycles. The van der Waals surface area contributed by atoms with E-state index < -0.39 is 17.7 Å². The number of fused-ring (bicyclic) bond motifs is 1. The van der Waals surface area contributed by atoms with E-state index in [0.717, 1.165) is 16.7 Å². The van der Waals surface area contributed by atoms with Crippen LogP contribution < -0.4 is 5.32 Å². The van der Waals surface area contributed by atoms with Crippen molar-refractivity contribution in [3.8, 4) is 5.69 Å². The van der Waals surface area contributed by atoms with Gasteiger partial charge in [0.25, 0.3) is 11.7 Å². The molecule has 146 valence electrons. The van der Waals surface area contributed by atoms with Gasteiger partial charge in [-0.25, -0.2) is 4.68 Å². The number of hydrogen-bond acceptors (Lipinski definition) is 4. The lowest BCUT2D eigenvalue weighted by atomic mass is 10.1. The first kappa shape index (κ1) is 18.7. The third-order valence-electron chi connectivity index (χ3n) is 4.94. The maximum Gasteiger partial charge on any atom is 0.293 e. The van der Waals surface area contributed by atoms with Gasteiger partial charge in [0.1, 0.15) is 11.3 Å². The van der Waals surface area contributed by atoms with Crippen molar-refractivity contribution in [2.24, 2.45) is 0 Å². The van der Waals surface area contributed by atoms with E-state index in [1.54, 1.807) is 25.5 Å². The van der Waals surface area contributed by atoms with Crippen LogP contribution in [-0.2, 0) is 4.79 Å². The Balaban J connectivity index is 1.56. The van der Waals surface area contributed by atoms with Crippen LogP contribution in [0.5, 0.6) is 0 Å². The molecule has 0 radical (unpaired) electrons. The highest BCUT2D eigenvalue weighted by atomic mass is 16.3. The predicted octanol–water partition coefficient (Wildman–Crippen LogP) is 4.30. The molecule has 0 unspecified atom stereocenters. The number of ketones is 1. The van der Waals surface area contributed by atoms with E-state index in [1.807, 2.05) is 60.7 Å². The Morgan fingerprint density at radius 2 is 1.72 bits per heavy atom. The van der Waals surface area contributed by atoms with Crippen molar-refractivity contribution in [1.29, 1.82) is 0 Å². The number of aromatic nitrogens is 2. The zero-order valence-corrected chi connectivity index (χ0v) is 16.5. The second-order valence-corrected chi connectivity index (χ2v) is 7.00. The third kappa shape index (κ3) is 3.45. The van der Waals surface area contributed by atoms with Crippen LogP contribution in [0.4, 0.5) is 0 Å². The molecule has 0 spiro atoms. The molecule has 1 atom stereocenters. The topological polar surface area (TPSA) is 77.1 Å². The van der Waals surface area contributed by atoms with Crippen LogP contribution in [0, 0.1) is 13.8 Å². The molecule has 6 nitrogen and oxygen atoms in total. The van der Waals surface area contributed by atoms with Gasteiger partial charge in [-0.1, -0.05) is 36.4 Å². The number of nitrogens with zero attached hydrogens (tertiary/aromatic N) is 2. The van der Waals surface area contributed by atoms with Crippen LogP contribution in [-0.4, -0.2) is 21.5 Å². The van der Waals surface area contributed by atoms with E-state index >= 15 is 0 Å². The average Bonchev–Trinajstić information content (AvgIpc) is 3.29. The number of carbonyl (C=O) groups excluding carboxylic acids is 2. The number of benzene rings is 2. The van der Waals surface area contributed by atoms with Crippen molar-refractivity contribution in [3.05, 3.63) is 83.4 Å². The number of aryl methyl sites for hydroxylation is 1. The van der Waals surface area contributed by atoms with Crippen LogP contribution in [0.2, 0.25) is 0 Å². The zero-order chi connectivity index (χ0) is 20.5. The maximum absolute atomic E-state index is 12.9. The molecule has 0 aliphatic heterocycles. The normalized spacial score (nSPS) is 12.1. The van der Waals surface area contributed by atoms with Gasteiger partial charge in [0.15, 0.2) is 0 Å². The second-order valence-electron chi connectivity index (χ2n) is 7.00. The van der Waals surface area contributed by atoms with Gasteiger partial charge in [-0.3, -0.25) is 9.59 Å². The molecule has 0 saturated carbocycles. The van der Waals surface area contributed by atoms with Crippen molar-refractivity contribution in [1.82, 2.24) is 15.1 Å².